The summed E-state index contributed by atoms with van der Waals surface area (Å²) < 4.78 is 26.3. The van der Waals surface area contributed by atoms with Gasteiger partial charge in [0.15, 0.2) is 5.82 Å². The van der Waals surface area contributed by atoms with Crippen molar-refractivity contribution in [2.24, 2.45) is 16.6 Å². The Morgan fingerprint density at radius 3 is 2.67 bits per heavy atom. The van der Waals surface area contributed by atoms with Gasteiger partial charge in [0.2, 0.25) is 6.41 Å². The molecule has 0 bridgehead atoms. The molecule has 0 saturated carbocycles. The molecule has 30 heavy (non-hydrogen) atoms. The van der Waals surface area contributed by atoms with Crippen molar-refractivity contribution < 1.29 is 13.6 Å². The Hall–Kier alpha value is -3.33. The number of nitrogens with zero attached hydrogens (tertiary/aromatic N) is 3. The van der Waals surface area contributed by atoms with E-state index in [2.05, 4.69) is 27.2 Å². The highest BCUT2D eigenvalue weighted by molar-refractivity contribution is 5.78. The van der Waals surface area contributed by atoms with Gasteiger partial charge in [-0.1, -0.05) is 0 Å². The lowest BCUT2D eigenvalue weighted by atomic mass is 9.95. The van der Waals surface area contributed by atoms with Crippen LogP contribution in [0.2, 0.25) is 0 Å². The van der Waals surface area contributed by atoms with Crippen LogP contribution in [0.5, 0.6) is 0 Å². The number of nitrogens with two attached hydrogens (primary N) is 2. The first kappa shape index (κ1) is 23.0. The third-order valence-corrected chi connectivity index (χ3v) is 4.43. The standard InChI is InChI=1S/C12H9F2N3O.C9H17N3/c13-7-1-2-8(9(14)5-7)11-4-3-10(15)12(17-11)16-6-18;1-11-4-3-9(10)5-8-6-12(2)7-8/h1-6H,15H2,(H,16,17,18);3-4,8H,5-7,10H2,1-2H3/b;9-3-,11-4?. The van der Waals surface area contributed by atoms with Crippen molar-refractivity contribution in [3.8, 4) is 11.3 Å². The molecule has 5 N–H and O–H groups in total. The molecule has 1 amide bonds. The molecular formula is C21H26F2N6O. The molecule has 1 aliphatic heterocycles. The number of nitrogen functional groups attached to an aromatic ring is 1. The largest absolute Gasteiger partial charge is 0.402 e. The number of likely N-dealkylation sites (tertiary alicyclic amines) is 1. The number of benzene rings is 1. The zero-order chi connectivity index (χ0) is 22.1. The quantitative estimate of drug-likeness (QED) is 0.495. The third-order valence-electron chi connectivity index (χ3n) is 4.43. The van der Waals surface area contributed by atoms with Crippen LogP contribution in [0.15, 0.2) is 47.1 Å². The van der Waals surface area contributed by atoms with E-state index in [1.807, 2.05) is 6.08 Å². The molecule has 7 nitrogen and oxygen atoms in total. The summed E-state index contributed by atoms with van der Waals surface area (Å²) in [6.45, 7) is 2.36. The van der Waals surface area contributed by atoms with Crippen LogP contribution >= 0.6 is 0 Å². The first-order chi connectivity index (χ1) is 14.3. The maximum atomic E-state index is 13.6. The van der Waals surface area contributed by atoms with Crippen LogP contribution in [0.25, 0.3) is 11.3 Å². The molecule has 1 saturated heterocycles. The molecule has 1 aromatic heterocycles. The fourth-order valence-corrected chi connectivity index (χ4v) is 3.02. The number of aromatic nitrogens is 1. The highest BCUT2D eigenvalue weighted by Gasteiger charge is 2.22. The van der Waals surface area contributed by atoms with Crippen molar-refractivity contribution >= 4 is 24.1 Å². The Morgan fingerprint density at radius 2 is 2.07 bits per heavy atom. The van der Waals surface area contributed by atoms with E-state index in [0.717, 1.165) is 30.2 Å². The number of pyridine rings is 1. The summed E-state index contributed by atoms with van der Waals surface area (Å²) in [5.41, 5.74) is 12.9. The first-order valence-electron chi connectivity index (χ1n) is 9.31. The molecule has 1 aromatic carbocycles. The van der Waals surface area contributed by atoms with Crippen molar-refractivity contribution in [3.05, 3.63) is 53.7 Å². The minimum absolute atomic E-state index is 0.130. The second kappa shape index (κ2) is 11.0. The number of halogens is 2. The van der Waals surface area contributed by atoms with Gasteiger partial charge in [-0.05, 0) is 49.7 Å². The van der Waals surface area contributed by atoms with E-state index in [0.29, 0.717) is 6.41 Å². The van der Waals surface area contributed by atoms with Crippen LogP contribution in [-0.4, -0.2) is 49.7 Å². The molecule has 2 heterocycles. The summed E-state index contributed by atoms with van der Waals surface area (Å²) in [5, 5.41) is 2.30. The maximum Gasteiger partial charge on any atom is 0.212 e. The Balaban J connectivity index is 0.000000232. The topological polar surface area (TPSA) is 110 Å². The summed E-state index contributed by atoms with van der Waals surface area (Å²) in [5.74, 6) is -0.509. The molecular weight excluding hydrogens is 390 g/mol. The number of aliphatic imine (C=N–C) groups is 1. The van der Waals surface area contributed by atoms with Gasteiger partial charge < -0.3 is 21.7 Å². The number of allylic oxidation sites excluding steroid dienone is 2. The van der Waals surface area contributed by atoms with Crippen LogP contribution in [0, 0.1) is 17.6 Å². The van der Waals surface area contributed by atoms with Crippen molar-refractivity contribution in [2.45, 2.75) is 6.42 Å². The average Bonchev–Trinajstić information content (AvgIpc) is 2.68. The third kappa shape index (κ3) is 6.63. The van der Waals surface area contributed by atoms with E-state index < -0.39 is 11.6 Å². The Bertz CT molecular complexity index is 926. The predicted molar refractivity (Wildman–Crippen MR) is 116 cm³/mol. The summed E-state index contributed by atoms with van der Waals surface area (Å²) in [6, 6.07) is 6.13. The van der Waals surface area contributed by atoms with Gasteiger partial charge in [-0.2, -0.15) is 0 Å². The molecule has 1 aliphatic rings. The molecule has 1 fully saturated rings. The second-order valence-electron chi connectivity index (χ2n) is 6.96. The van der Waals surface area contributed by atoms with Gasteiger partial charge in [0, 0.05) is 43.7 Å². The SMILES string of the molecule is CN=C/C=C(\N)CC1CN(C)C1.Nc1ccc(-c2ccc(F)cc2F)nc1NC=O. The second-order valence-corrected chi connectivity index (χ2v) is 6.96. The molecule has 160 valence electrons. The number of amides is 1. The summed E-state index contributed by atoms with van der Waals surface area (Å²) in [4.78, 5) is 20.5. The number of rotatable bonds is 6. The molecule has 3 rings (SSSR count). The molecule has 2 aromatic rings. The van der Waals surface area contributed by atoms with Gasteiger partial charge >= 0.3 is 0 Å². The van der Waals surface area contributed by atoms with E-state index in [-0.39, 0.29) is 22.8 Å². The summed E-state index contributed by atoms with van der Waals surface area (Å²) in [7, 11) is 3.88. The molecule has 0 unspecified atom stereocenters. The van der Waals surface area contributed by atoms with E-state index in [4.69, 9.17) is 11.5 Å². The molecule has 0 aliphatic carbocycles. The minimum Gasteiger partial charge on any atom is -0.402 e. The minimum atomic E-state index is -0.732. The van der Waals surface area contributed by atoms with Crippen LogP contribution < -0.4 is 16.8 Å². The number of hydrogen-bond acceptors (Lipinski definition) is 6. The monoisotopic (exact) mass is 416 g/mol. The van der Waals surface area contributed by atoms with Crippen molar-refractivity contribution in [3.63, 3.8) is 0 Å². The number of hydrogen-bond donors (Lipinski definition) is 3. The van der Waals surface area contributed by atoms with Gasteiger partial charge in [-0.3, -0.25) is 9.79 Å². The van der Waals surface area contributed by atoms with Gasteiger partial charge in [0.25, 0.3) is 0 Å². The van der Waals surface area contributed by atoms with Gasteiger partial charge in [-0.15, -0.1) is 0 Å². The van der Waals surface area contributed by atoms with Gasteiger partial charge in [-0.25, -0.2) is 13.8 Å². The fourth-order valence-electron chi connectivity index (χ4n) is 3.02. The van der Waals surface area contributed by atoms with E-state index in [1.54, 1.807) is 13.3 Å². The van der Waals surface area contributed by atoms with E-state index in [1.165, 1.54) is 31.3 Å². The fraction of sp³-hybridized carbons (Fsp3) is 0.286. The van der Waals surface area contributed by atoms with Gasteiger partial charge in [0.1, 0.15) is 11.6 Å². The maximum absolute atomic E-state index is 13.6. The molecule has 0 radical (unpaired) electrons. The average molecular weight is 416 g/mol. The lowest BCUT2D eigenvalue weighted by molar-refractivity contribution is -0.105. The van der Waals surface area contributed by atoms with Crippen molar-refractivity contribution in [1.29, 1.82) is 0 Å². The summed E-state index contributed by atoms with van der Waals surface area (Å²) in [6.07, 6.45) is 5.07. The lowest BCUT2D eigenvalue weighted by Crippen LogP contribution is -2.44. The Morgan fingerprint density at radius 1 is 1.33 bits per heavy atom. The first-order valence-corrected chi connectivity index (χ1v) is 9.31. The molecule has 9 heteroatoms. The van der Waals surface area contributed by atoms with Crippen LogP contribution in [-0.2, 0) is 4.79 Å². The molecule has 0 spiro atoms. The van der Waals surface area contributed by atoms with Crippen molar-refractivity contribution in [2.75, 3.05) is 38.2 Å². The number of carbonyl (C=O) groups is 1. The predicted octanol–water partition coefficient (Wildman–Crippen LogP) is 2.66. The Kier molecular flexibility index (Phi) is 8.42. The normalized spacial score (nSPS) is 14.7. The number of nitrogens with one attached hydrogen (secondary N) is 1. The number of carbonyl (C=O) groups excluding carboxylic acids is 1. The zero-order valence-electron chi connectivity index (χ0n) is 17.0. The lowest BCUT2D eigenvalue weighted by Gasteiger charge is -2.36. The van der Waals surface area contributed by atoms with Crippen LogP contribution in [0.3, 0.4) is 0 Å². The van der Waals surface area contributed by atoms with Crippen LogP contribution in [0.4, 0.5) is 20.3 Å². The zero-order valence-corrected chi connectivity index (χ0v) is 17.0. The van der Waals surface area contributed by atoms with E-state index >= 15 is 0 Å². The smallest absolute Gasteiger partial charge is 0.212 e. The van der Waals surface area contributed by atoms with E-state index in [9.17, 15) is 13.6 Å². The molecule has 0 atom stereocenters. The highest BCUT2D eigenvalue weighted by Crippen LogP contribution is 2.25. The number of anilines is 2. The Labute approximate surface area is 174 Å². The van der Waals surface area contributed by atoms with Crippen LogP contribution in [0.1, 0.15) is 6.42 Å². The van der Waals surface area contributed by atoms with Gasteiger partial charge in [0.05, 0.1) is 11.4 Å². The summed E-state index contributed by atoms with van der Waals surface area (Å²) >= 11 is 0. The highest BCUT2D eigenvalue weighted by atomic mass is 19.1. The van der Waals surface area contributed by atoms with Crippen molar-refractivity contribution in [1.82, 2.24) is 9.88 Å².